The van der Waals surface area contributed by atoms with Crippen LogP contribution in [0.25, 0.3) is 0 Å². The van der Waals surface area contributed by atoms with Crippen molar-refractivity contribution in [3.8, 4) is 11.8 Å². The zero-order chi connectivity index (χ0) is 13.9. The molecular weight excluding hydrogens is 260 g/mol. The Bertz CT molecular complexity index is 547. The fraction of sp³-hybridized carbons (Fsp3) is 0.333. The van der Waals surface area contributed by atoms with Crippen molar-refractivity contribution in [2.75, 3.05) is 0 Å². The highest BCUT2D eigenvalue weighted by atomic mass is 35.5. The molecule has 0 amide bonds. The highest BCUT2D eigenvalue weighted by Crippen LogP contribution is 2.27. The average molecular weight is 277 g/mol. The molecule has 4 heteroatoms. The maximum atomic E-state index is 5.69. The van der Waals surface area contributed by atoms with Gasteiger partial charge in [0.05, 0.1) is 5.88 Å². The second-order valence-corrected chi connectivity index (χ2v) is 5.65. The second-order valence-electron chi connectivity index (χ2n) is 5.39. The molecule has 0 aliphatic carbocycles. The van der Waals surface area contributed by atoms with Gasteiger partial charge in [0.25, 0.3) is 0 Å². The third kappa shape index (κ3) is 3.67. The van der Waals surface area contributed by atoms with Crippen LogP contribution >= 0.6 is 11.6 Å². The van der Waals surface area contributed by atoms with Crippen LogP contribution in [0.1, 0.15) is 31.9 Å². The molecule has 19 heavy (non-hydrogen) atoms. The maximum absolute atomic E-state index is 5.69. The lowest BCUT2D eigenvalue weighted by Crippen LogP contribution is -2.10. The molecule has 0 bridgehead atoms. The van der Waals surface area contributed by atoms with E-state index in [4.69, 9.17) is 16.3 Å². The summed E-state index contributed by atoms with van der Waals surface area (Å²) < 4.78 is 5.65. The Labute approximate surface area is 118 Å². The molecular formula is C15H17ClN2O. The van der Waals surface area contributed by atoms with Gasteiger partial charge in [-0.2, -0.15) is 0 Å². The van der Waals surface area contributed by atoms with E-state index in [1.807, 2.05) is 18.2 Å². The second kappa shape index (κ2) is 5.57. The van der Waals surface area contributed by atoms with Crippen LogP contribution in [0.3, 0.4) is 0 Å². The number of rotatable bonds is 3. The first-order chi connectivity index (χ1) is 8.99. The van der Waals surface area contributed by atoms with Crippen molar-refractivity contribution in [1.82, 2.24) is 9.97 Å². The molecule has 0 aliphatic rings. The molecule has 2 aromatic rings. The SMILES string of the molecule is CC(C)(C)c1cccc(Oc2ncc(CCl)cn2)c1. The zero-order valence-electron chi connectivity index (χ0n) is 11.4. The molecule has 3 nitrogen and oxygen atoms in total. The molecule has 1 heterocycles. The zero-order valence-corrected chi connectivity index (χ0v) is 12.1. The van der Waals surface area contributed by atoms with Gasteiger partial charge in [-0.1, -0.05) is 32.9 Å². The highest BCUT2D eigenvalue weighted by Gasteiger charge is 2.14. The van der Waals surface area contributed by atoms with Crippen molar-refractivity contribution in [2.24, 2.45) is 0 Å². The van der Waals surface area contributed by atoms with Gasteiger partial charge in [-0.15, -0.1) is 11.6 Å². The third-order valence-corrected chi connectivity index (χ3v) is 3.05. The average Bonchev–Trinajstić information content (AvgIpc) is 2.39. The first-order valence-corrected chi connectivity index (χ1v) is 6.68. The summed E-state index contributed by atoms with van der Waals surface area (Å²) in [6.45, 7) is 6.49. The van der Waals surface area contributed by atoms with Gasteiger partial charge in [0.2, 0.25) is 0 Å². The van der Waals surface area contributed by atoms with Gasteiger partial charge in [-0.05, 0) is 23.1 Å². The van der Waals surface area contributed by atoms with Gasteiger partial charge < -0.3 is 4.74 Å². The Morgan fingerprint density at radius 2 is 1.84 bits per heavy atom. The van der Waals surface area contributed by atoms with Crippen molar-refractivity contribution in [3.63, 3.8) is 0 Å². The van der Waals surface area contributed by atoms with Gasteiger partial charge in [-0.25, -0.2) is 9.97 Å². The number of benzene rings is 1. The van der Waals surface area contributed by atoms with Crippen LogP contribution < -0.4 is 4.74 Å². The van der Waals surface area contributed by atoms with Gasteiger partial charge in [-0.3, -0.25) is 0 Å². The Hall–Kier alpha value is -1.61. The molecule has 1 aromatic carbocycles. The van der Waals surface area contributed by atoms with E-state index in [1.165, 1.54) is 5.56 Å². The van der Waals surface area contributed by atoms with Crippen molar-refractivity contribution >= 4 is 11.6 Å². The Kier molecular flexibility index (Phi) is 4.05. The van der Waals surface area contributed by atoms with Gasteiger partial charge in [0.15, 0.2) is 0 Å². The highest BCUT2D eigenvalue weighted by molar-refractivity contribution is 6.17. The number of hydrogen-bond acceptors (Lipinski definition) is 3. The van der Waals surface area contributed by atoms with E-state index in [0.717, 1.165) is 11.3 Å². The van der Waals surface area contributed by atoms with Crippen LogP contribution in [0.15, 0.2) is 36.7 Å². The number of halogens is 1. The lowest BCUT2D eigenvalue weighted by molar-refractivity contribution is 0.438. The van der Waals surface area contributed by atoms with Crippen LogP contribution in [-0.4, -0.2) is 9.97 Å². The van der Waals surface area contributed by atoms with E-state index < -0.39 is 0 Å². The first-order valence-electron chi connectivity index (χ1n) is 6.14. The summed E-state index contributed by atoms with van der Waals surface area (Å²) in [6.07, 6.45) is 3.34. The van der Waals surface area contributed by atoms with Gasteiger partial charge in [0.1, 0.15) is 5.75 Å². The van der Waals surface area contributed by atoms with Gasteiger partial charge in [0, 0.05) is 18.0 Å². The van der Waals surface area contributed by atoms with Crippen LogP contribution in [0.2, 0.25) is 0 Å². The van der Waals surface area contributed by atoms with E-state index in [-0.39, 0.29) is 5.41 Å². The van der Waals surface area contributed by atoms with E-state index >= 15 is 0 Å². The predicted octanol–water partition coefficient (Wildman–Crippen LogP) is 4.31. The molecule has 2 rings (SSSR count). The fourth-order valence-electron chi connectivity index (χ4n) is 1.60. The predicted molar refractivity (Wildman–Crippen MR) is 76.8 cm³/mol. The number of hydrogen-bond donors (Lipinski definition) is 0. The molecule has 0 radical (unpaired) electrons. The molecule has 0 saturated heterocycles. The molecule has 0 fully saturated rings. The Balaban J connectivity index is 2.18. The smallest absolute Gasteiger partial charge is 0.321 e. The summed E-state index contributed by atoms with van der Waals surface area (Å²) in [5.74, 6) is 1.14. The lowest BCUT2D eigenvalue weighted by atomic mass is 9.87. The molecule has 1 aromatic heterocycles. The quantitative estimate of drug-likeness (QED) is 0.784. The molecule has 0 atom stereocenters. The number of aromatic nitrogens is 2. The molecule has 0 aliphatic heterocycles. The third-order valence-electron chi connectivity index (χ3n) is 2.75. The van der Waals surface area contributed by atoms with E-state index in [1.54, 1.807) is 12.4 Å². The summed E-state index contributed by atoms with van der Waals surface area (Å²) in [5, 5.41) is 0. The van der Waals surface area contributed by atoms with E-state index in [0.29, 0.717) is 11.9 Å². The van der Waals surface area contributed by atoms with Crippen LogP contribution in [0.5, 0.6) is 11.8 Å². The molecule has 0 N–H and O–H groups in total. The minimum atomic E-state index is 0.0860. The summed E-state index contributed by atoms with van der Waals surface area (Å²) in [6, 6.07) is 8.31. The van der Waals surface area contributed by atoms with Crippen molar-refractivity contribution in [1.29, 1.82) is 0 Å². The standard InChI is InChI=1S/C15H17ClN2O/c1-15(2,3)12-5-4-6-13(7-12)19-14-17-9-11(8-16)10-18-14/h4-7,9-10H,8H2,1-3H3. The minimum absolute atomic E-state index is 0.0860. The van der Waals surface area contributed by atoms with Crippen molar-refractivity contribution in [3.05, 3.63) is 47.8 Å². The van der Waals surface area contributed by atoms with Gasteiger partial charge >= 0.3 is 6.01 Å². The van der Waals surface area contributed by atoms with Crippen molar-refractivity contribution < 1.29 is 4.74 Å². The number of nitrogens with zero attached hydrogens (tertiary/aromatic N) is 2. The topological polar surface area (TPSA) is 35.0 Å². The van der Waals surface area contributed by atoms with Crippen LogP contribution in [0, 0.1) is 0 Å². The van der Waals surface area contributed by atoms with E-state index in [2.05, 4.69) is 36.8 Å². The first kappa shape index (κ1) is 13.8. The number of ether oxygens (including phenoxy) is 1. The lowest BCUT2D eigenvalue weighted by Gasteiger charge is -2.19. The maximum Gasteiger partial charge on any atom is 0.321 e. The Morgan fingerprint density at radius 3 is 2.42 bits per heavy atom. The summed E-state index contributed by atoms with van der Waals surface area (Å²) in [5.41, 5.74) is 2.17. The Morgan fingerprint density at radius 1 is 1.16 bits per heavy atom. The van der Waals surface area contributed by atoms with E-state index in [9.17, 15) is 0 Å². The normalized spacial score (nSPS) is 11.4. The largest absolute Gasteiger partial charge is 0.424 e. The monoisotopic (exact) mass is 276 g/mol. The molecule has 0 unspecified atom stereocenters. The minimum Gasteiger partial charge on any atom is -0.424 e. The molecule has 0 spiro atoms. The van der Waals surface area contributed by atoms with Crippen molar-refractivity contribution in [2.45, 2.75) is 32.1 Å². The summed E-state index contributed by atoms with van der Waals surface area (Å²) >= 11 is 5.69. The van der Waals surface area contributed by atoms with Crippen LogP contribution in [-0.2, 0) is 11.3 Å². The summed E-state index contributed by atoms with van der Waals surface area (Å²) in [7, 11) is 0. The number of alkyl halides is 1. The molecule has 100 valence electrons. The molecule has 0 saturated carbocycles. The summed E-state index contributed by atoms with van der Waals surface area (Å²) in [4.78, 5) is 8.24. The fourth-order valence-corrected chi connectivity index (χ4v) is 1.73. The van der Waals surface area contributed by atoms with Crippen LogP contribution in [0.4, 0.5) is 0 Å².